The van der Waals surface area contributed by atoms with Gasteiger partial charge in [0.05, 0.1) is 6.10 Å². The number of hydrogen-bond acceptors (Lipinski definition) is 7. The van der Waals surface area contributed by atoms with Crippen molar-refractivity contribution in [2.24, 2.45) is 0 Å². The number of aldehydes is 1. The third-order valence-electron chi connectivity index (χ3n) is 5.11. The molecule has 30 heavy (non-hydrogen) atoms. The zero-order chi connectivity index (χ0) is 20.8. The first-order valence-corrected chi connectivity index (χ1v) is 10.2. The van der Waals surface area contributed by atoms with Crippen molar-refractivity contribution < 1.29 is 19.0 Å². The fraction of sp³-hybridized carbons (Fsp3) is 0.348. The van der Waals surface area contributed by atoms with Crippen LogP contribution in [-0.4, -0.2) is 49.1 Å². The number of benzene rings is 2. The van der Waals surface area contributed by atoms with E-state index in [-0.39, 0.29) is 12.9 Å². The molecule has 0 aliphatic carbocycles. The van der Waals surface area contributed by atoms with Crippen LogP contribution in [0.2, 0.25) is 0 Å². The van der Waals surface area contributed by atoms with Gasteiger partial charge < -0.3 is 19.5 Å². The Kier molecular flexibility index (Phi) is 6.51. The maximum Gasteiger partial charge on any atom is 0.189 e. The summed E-state index contributed by atoms with van der Waals surface area (Å²) in [6.45, 7) is 4.05. The summed E-state index contributed by atoms with van der Waals surface area (Å²) < 4.78 is 16.8. The normalized spacial score (nSPS) is 16.0. The fourth-order valence-corrected chi connectivity index (χ4v) is 3.56. The summed E-state index contributed by atoms with van der Waals surface area (Å²) in [6, 6.07) is 13.3. The topological polar surface area (TPSA) is 82.6 Å². The molecular weight excluding hydrogens is 382 g/mol. The van der Waals surface area contributed by atoms with Gasteiger partial charge in [-0.1, -0.05) is 30.3 Å². The SMILES string of the molecule is CCOCOc1cc(C=O)ccc1-c1nnc(NCC2CCCO2)c2ccccc12. The van der Waals surface area contributed by atoms with Crippen molar-refractivity contribution in [1.29, 1.82) is 0 Å². The van der Waals surface area contributed by atoms with E-state index in [1.165, 1.54) is 0 Å². The molecule has 1 atom stereocenters. The second-order valence-electron chi connectivity index (χ2n) is 7.09. The van der Waals surface area contributed by atoms with Gasteiger partial charge in [-0.3, -0.25) is 4.79 Å². The van der Waals surface area contributed by atoms with Gasteiger partial charge in [0.1, 0.15) is 17.7 Å². The molecule has 4 rings (SSSR count). The number of nitrogens with one attached hydrogen (secondary N) is 1. The largest absolute Gasteiger partial charge is 0.467 e. The minimum Gasteiger partial charge on any atom is -0.467 e. The Morgan fingerprint density at radius 1 is 1.20 bits per heavy atom. The highest BCUT2D eigenvalue weighted by molar-refractivity contribution is 6.01. The van der Waals surface area contributed by atoms with Crippen LogP contribution in [0, 0.1) is 0 Å². The quantitative estimate of drug-likeness (QED) is 0.325. The summed E-state index contributed by atoms with van der Waals surface area (Å²) in [7, 11) is 0. The van der Waals surface area contributed by atoms with Crippen LogP contribution >= 0.6 is 0 Å². The minimum atomic E-state index is 0.0954. The lowest BCUT2D eigenvalue weighted by Gasteiger charge is -2.16. The molecule has 1 unspecified atom stereocenters. The lowest BCUT2D eigenvalue weighted by atomic mass is 10.0. The second kappa shape index (κ2) is 9.65. The van der Waals surface area contributed by atoms with Gasteiger partial charge in [0, 0.05) is 41.7 Å². The Bertz CT molecular complexity index is 1020. The van der Waals surface area contributed by atoms with Crippen LogP contribution in [-0.2, 0) is 9.47 Å². The highest BCUT2D eigenvalue weighted by atomic mass is 16.7. The molecule has 156 valence electrons. The van der Waals surface area contributed by atoms with Crippen LogP contribution in [0.5, 0.6) is 5.75 Å². The van der Waals surface area contributed by atoms with Crippen molar-refractivity contribution in [2.45, 2.75) is 25.9 Å². The van der Waals surface area contributed by atoms with E-state index >= 15 is 0 Å². The van der Waals surface area contributed by atoms with Crippen LogP contribution < -0.4 is 10.1 Å². The van der Waals surface area contributed by atoms with E-state index in [1.807, 2.05) is 37.3 Å². The lowest BCUT2D eigenvalue weighted by Crippen LogP contribution is -2.19. The van der Waals surface area contributed by atoms with Crippen LogP contribution in [0.15, 0.2) is 42.5 Å². The number of nitrogens with zero attached hydrogens (tertiary/aromatic N) is 2. The Morgan fingerprint density at radius 2 is 2.07 bits per heavy atom. The highest BCUT2D eigenvalue weighted by Gasteiger charge is 2.18. The molecule has 7 nitrogen and oxygen atoms in total. The van der Waals surface area contributed by atoms with E-state index in [9.17, 15) is 4.79 Å². The number of rotatable bonds is 9. The number of ether oxygens (including phenoxy) is 3. The second-order valence-corrected chi connectivity index (χ2v) is 7.09. The minimum absolute atomic E-state index is 0.0954. The molecule has 1 N–H and O–H groups in total. The molecule has 7 heteroatoms. The molecule has 1 aromatic heterocycles. The van der Waals surface area contributed by atoms with Gasteiger partial charge in [-0.2, -0.15) is 0 Å². The number of aromatic nitrogens is 2. The first-order valence-electron chi connectivity index (χ1n) is 10.2. The van der Waals surface area contributed by atoms with Crippen LogP contribution in [0.3, 0.4) is 0 Å². The molecule has 0 bridgehead atoms. The van der Waals surface area contributed by atoms with Crippen LogP contribution in [0.4, 0.5) is 5.82 Å². The number of carbonyl (C=O) groups is 1. The van der Waals surface area contributed by atoms with E-state index < -0.39 is 0 Å². The van der Waals surface area contributed by atoms with Gasteiger partial charge in [0.15, 0.2) is 12.6 Å². The summed E-state index contributed by atoms with van der Waals surface area (Å²) in [4.78, 5) is 11.2. The molecule has 2 aromatic carbocycles. The van der Waals surface area contributed by atoms with E-state index in [1.54, 1.807) is 12.1 Å². The lowest BCUT2D eigenvalue weighted by molar-refractivity contribution is 0.0227. The molecule has 0 saturated carbocycles. The molecule has 1 saturated heterocycles. The van der Waals surface area contributed by atoms with Gasteiger partial charge in [-0.25, -0.2) is 0 Å². The summed E-state index contributed by atoms with van der Waals surface area (Å²) in [5, 5.41) is 14.3. The zero-order valence-corrected chi connectivity index (χ0v) is 17.0. The van der Waals surface area contributed by atoms with Gasteiger partial charge in [0.2, 0.25) is 0 Å². The van der Waals surface area contributed by atoms with E-state index in [2.05, 4.69) is 15.5 Å². The first-order chi connectivity index (χ1) is 14.8. The van der Waals surface area contributed by atoms with Crippen molar-refractivity contribution >= 4 is 22.9 Å². The van der Waals surface area contributed by atoms with Crippen molar-refractivity contribution in [3.63, 3.8) is 0 Å². The van der Waals surface area contributed by atoms with Crippen molar-refractivity contribution in [3.05, 3.63) is 48.0 Å². The average Bonchev–Trinajstić information content (AvgIpc) is 3.31. The average molecular weight is 407 g/mol. The third kappa shape index (κ3) is 4.42. The van der Waals surface area contributed by atoms with Crippen molar-refractivity contribution in [2.75, 3.05) is 31.9 Å². The monoisotopic (exact) mass is 407 g/mol. The van der Waals surface area contributed by atoms with Crippen LogP contribution in [0.1, 0.15) is 30.1 Å². The summed E-state index contributed by atoms with van der Waals surface area (Å²) in [5.74, 6) is 1.26. The van der Waals surface area contributed by atoms with Gasteiger partial charge >= 0.3 is 0 Å². The fourth-order valence-electron chi connectivity index (χ4n) is 3.56. The molecule has 2 heterocycles. The summed E-state index contributed by atoms with van der Waals surface area (Å²) >= 11 is 0. The molecule has 1 aliphatic rings. The zero-order valence-electron chi connectivity index (χ0n) is 17.0. The van der Waals surface area contributed by atoms with E-state index in [0.29, 0.717) is 30.2 Å². The summed E-state index contributed by atoms with van der Waals surface area (Å²) in [6.07, 6.45) is 3.15. The number of hydrogen-bond donors (Lipinski definition) is 1. The van der Waals surface area contributed by atoms with Gasteiger partial charge in [-0.05, 0) is 31.9 Å². The predicted molar refractivity (Wildman–Crippen MR) is 115 cm³/mol. The molecule has 3 aromatic rings. The third-order valence-corrected chi connectivity index (χ3v) is 5.11. The molecule has 1 fully saturated rings. The van der Waals surface area contributed by atoms with Crippen molar-refractivity contribution in [1.82, 2.24) is 10.2 Å². The van der Waals surface area contributed by atoms with Crippen LogP contribution in [0.25, 0.3) is 22.0 Å². The van der Waals surface area contributed by atoms with E-state index in [0.717, 1.165) is 47.9 Å². The highest BCUT2D eigenvalue weighted by Crippen LogP contribution is 2.35. The standard InChI is InChI=1S/C23H25N3O4/c1-2-28-15-30-21-12-16(14-27)9-10-20(21)22-18-7-3-4-8-19(18)23(26-25-22)24-13-17-6-5-11-29-17/h3-4,7-10,12,14,17H,2,5-6,11,13,15H2,1H3,(H,24,26). The Labute approximate surface area is 175 Å². The number of anilines is 1. The maximum atomic E-state index is 11.2. The van der Waals surface area contributed by atoms with Gasteiger partial charge in [-0.15, -0.1) is 10.2 Å². The first kappa shape index (κ1) is 20.3. The maximum absolute atomic E-state index is 11.2. The van der Waals surface area contributed by atoms with Gasteiger partial charge in [0.25, 0.3) is 0 Å². The molecule has 0 radical (unpaired) electrons. The summed E-state index contributed by atoms with van der Waals surface area (Å²) in [5.41, 5.74) is 1.98. The smallest absolute Gasteiger partial charge is 0.189 e. The molecule has 0 spiro atoms. The molecule has 1 aliphatic heterocycles. The molecular formula is C23H25N3O4. The Morgan fingerprint density at radius 3 is 2.83 bits per heavy atom. The number of carbonyl (C=O) groups excluding carboxylic acids is 1. The molecule has 0 amide bonds. The van der Waals surface area contributed by atoms with Crippen molar-refractivity contribution in [3.8, 4) is 17.0 Å². The van der Waals surface area contributed by atoms with E-state index in [4.69, 9.17) is 14.2 Å². The number of fused-ring (bicyclic) bond motifs is 1. The Hall–Kier alpha value is -3.03. The Balaban J connectivity index is 1.70. The predicted octanol–water partition coefficient (Wildman–Crippen LogP) is 4.07.